The van der Waals surface area contributed by atoms with Crippen LogP contribution in [0.4, 0.5) is 0 Å². The Balaban J connectivity index is 2.66. The van der Waals surface area contributed by atoms with Gasteiger partial charge in [0.15, 0.2) is 0 Å². The van der Waals surface area contributed by atoms with Crippen molar-refractivity contribution >= 4 is 5.91 Å². The van der Waals surface area contributed by atoms with Gasteiger partial charge in [-0.2, -0.15) is 0 Å². The lowest BCUT2D eigenvalue weighted by atomic mass is 9.98. The molecule has 0 heterocycles. The number of carbonyl (C=O) groups excluding carboxylic acids is 1. The lowest BCUT2D eigenvalue weighted by molar-refractivity contribution is 0.0998. The number of aromatic hydroxyl groups is 1. The van der Waals surface area contributed by atoms with Gasteiger partial charge in [0.2, 0.25) is 0 Å². The van der Waals surface area contributed by atoms with Crippen molar-refractivity contribution in [1.82, 2.24) is 0 Å². The van der Waals surface area contributed by atoms with Crippen LogP contribution in [-0.4, -0.2) is 11.0 Å². The molecule has 0 saturated heterocycles. The van der Waals surface area contributed by atoms with Crippen molar-refractivity contribution in [2.75, 3.05) is 0 Å². The predicted molar refractivity (Wildman–Crippen MR) is 62.1 cm³/mol. The summed E-state index contributed by atoms with van der Waals surface area (Å²) in [5.41, 5.74) is 6.91. The number of rotatable bonds is 2. The monoisotopic (exact) mass is 213 g/mol. The summed E-state index contributed by atoms with van der Waals surface area (Å²) >= 11 is 0. The van der Waals surface area contributed by atoms with E-state index in [0.29, 0.717) is 5.56 Å². The van der Waals surface area contributed by atoms with E-state index in [9.17, 15) is 9.90 Å². The lowest BCUT2D eigenvalue weighted by Gasteiger charge is -2.08. The van der Waals surface area contributed by atoms with Gasteiger partial charge in [-0.1, -0.05) is 42.5 Å². The van der Waals surface area contributed by atoms with Crippen LogP contribution in [0.15, 0.2) is 48.5 Å². The van der Waals surface area contributed by atoms with E-state index >= 15 is 0 Å². The number of primary amides is 1. The first-order valence-electron chi connectivity index (χ1n) is 4.87. The maximum Gasteiger partial charge on any atom is 0.253 e. The summed E-state index contributed by atoms with van der Waals surface area (Å²) in [6, 6.07) is 14.2. The Labute approximate surface area is 93.1 Å². The molecule has 3 nitrogen and oxygen atoms in total. The number of phenols is 1. The molecule has 0 atom stereocenters. The second-order valence-corrected chi connectivity index (χ2v) is 3.43. The SMILES string of the molecule is NC(=O)c1c(O)cccc1-c1ccccc1. The third-order valence-electron chi connectivity index (χ3n) is 2.37. The number of hydrogen-bond acceptors (Lipinski definition) is 2. The van der Waals surface area contributed by atoms with E-state index in [1.807, 2.05) is 30.3 Å². The molecule has 1 amide bonds. The minimum atomic E-state index is -0.628. The average Bonchev–Trinajstić information content (AvgIpc) is 2.29. The Kier molecular flexibility index (Phi) is 2.60. The molecule has 3 heteroatoms. The van der Waals surface area contributed by atoms with Gasteiger partial charge < -0.3 is 10.8 Å². The van der Waals surface area contributed by atoms with Crippen LogP contribution in [0, 0.1) is 0 Å². The van der Waals surface area contributed by atoms with Crippen LogP contribution in [0.25, 0.3) is 11.1 Å². The van der Waals surface area contributed by atoms with Crippen LogP contribution in [0.3, 0.4) is 0 Å². The van der Waals surface area contributed by atoms with Crippen molar-refractivity contribution in [1.29, 1.82) is 0 Å². The van der Waals surface area contributed by atoms with Crippen molar-refractivity contribution in [3.8, 4) is 16.9 Å². The van der Waals surface area contributed by atoms with Crippen molar-refractivity contribution in [3.05, 3.63) is 54.1 Å². The molecule has 0 fully saturated rings. The normalized spacial score (nSPS) is 10.0. The zero-order chi connectivity index (χ0) is 11.5. The van der Waals surface area contributed by atoms with E-state index in [4.69, 9.17) is 5.73 Å². The Bertz CT molecular complexity index is 521. The van der Waals surface area contributed by atoms with Crippen LogP contribution >= 0.6 is 0 Å². The van der Waals surface area contributed by atoms with Crippen LogP contribution in [0.5, 0.6) is 5.75 Å². The fourth-order valence-corrected chi connectivity index (χ4v) is 1.66. The Morgan fingerprint density at radius 2 is 1.69 bits per heavy atom. The molecular weight excluding hydrogens is 202 g/mol. The van der Waals surface area contributed by atoms with Crippen LogP contribution in [0.2, 0.25) is 0 Å². The van der Waals surface area contributed by atoms with Crippen molar-refractivity contribution in [3.63, 3.8) is 0 Å². The van der Waals surface area contributed by atoms with Gasteiger partial charge in [0.1, 0.15) is 5.75 Å². The highest BCUT2D eigenvalue weighted by molar-refractivity contribution is 6.02. The van der Waals surface area contributed by atoms with Gasteiger partial charge in [0.25, 0.3) is 5.91 Å². The number of nitrogens with two attached hydrogens (primary N) is 1. The highest BCUT2D eigenvalue weighted by Crippen LogP contribution is 2.29. The fourth-order valence-electron chi connectivity index (χ4n) is 1.66. The first kappa shape index (κ1) is 10.2. The Hall–Kier alpha value is -2.29. The number of carbonyl (C=O) groups is 1. The summed E-state index contributed by atoms with van der Waals surface area (Å²) in [6.07, 6.45) is 0. The third-order valence-corrected chi connectivity index (χ3v) is 2.37. The summed E-state index contributed by atoms with van der Waals surface area (Å²) in [7, 11) is 0. The highest BCUT2D eigenvalue weighted by atomic mass is 16.3. The molecule has 0 aliphatic carbocycles. The standard InChI is InChI=1S/C13H11NO2/c14-13(16)12-10(7-4-8-11(12)15)9-5-2-1-3-6-9/h1-8,15H,(H2,14,16). The molecule has 3 N–H and O–H groups in total. The van der Waals surface area contributed by atoms with E-state index in [2.05, 4.69) is 0 Å². The van der Waals surface area contributed by atoms with Crippen LogP contribution in [-0.2, 0) is 0 Å². The Morgan fingerprint density at radius 1 is 1.00 bits per heavy atom. The third kappa shape index (κ3) is 1.75. The molecule has 80 valence electrons. The maximum atomic E-state index is 11.3. The number of hydrogen-bond donors (Lipinski definition) is 2. The second-order valence-electron chi connectivity index (χ2n) is 3.43. The molecule has 2 aromatic rings. The van der Waals surface area contributed by atoms with Gasteiger partial charge in [-0.05, 0) is 17.2 Å². The predicted octanol–water partition coefficient (Wildman–Crippen LogP) is 2.16. The summed E-state index contributed by atoms with van der Waals surface area (Å²) in [4.78, 5) is 11.3. The maximum absolute atomic E-state index is 11.3. The minimum Gasteiger partial charge on any atom is -0.507 e. The van der Waals surface area contributed by atoms with E-state index in [1.165, 1.54) is 6.07 Å². The van der Waals surface area contributed by atoms with Crippen LogP contribution in [0.1, 0.15) is 10.4 Å². The van der Waals surface area contributed by atoms with E-state index in [-0.39, 0.29) is 11.3 Å². The van der Waals surface area contributed by atoms with Gasteiger partial charge >= 0.3 is 0 Å². The Morgan fingerprint density at radius 3 is 2.31 bits per heavy atom. The molecular formula is C13H11NO2. The van der Waals surface area contributed by atoms with Gasteiger partial charge in [-0.25, -0.2) is 0 Å². The van der Waals surface area contributed by atoms with Gasteiger partial charge in [-0.3, -0.25) is 4.79 Å². The molecule has 0 aliphatic heterocycles. The second kappa shape index (κ2) is 4.06. The zero-order valence-corrected chi connectivity index (χ0v) is 8.55. The van der Waals surface area contributed by atoms with Gasteiger partial charge in [0.05, 0.1) is 5.56 Å². The summed E-state index contributed by atoms with van der Waals surface area (Å²) in [5, 5.41) is 9.62. The van der Waals surface area contributed by atoms with Crippen molar-refractivity contribution in [2.45, 2.75) is 0 Å². The topological polar surface area (TPSA) is 63.3 Å². The zero-order valence-electron chi connectivity index (χ0n) is 8.55. The molecule has 2 aromatic carbocycles. The van der Waals surface area contributed by atoms with Crippen LogP contribution < -0.4 is 5.73 Å². The quantitative estimate of drug-likeness (QED) is 0.802. The molecule has 2 rings (SSSR count). The summed E-state index contributed by atoms with van der Waals surface area (Å²) < 4.78 is 0. The lowest BCUT2D eigenvalue weighted by Crippen LogP contribution is -2.12. The van der Waals surface area contributed by atoms with Crippen molar-refractivity contribution < 1.29 is 9.90 Å². The summed E-state index contributed by atoms with van der Waals surface area (Å²) in [6.45, 7) is 0. The van der Waals surface area contributed by atoms with E-state index in [0.717, 1.165) is 5.56 Å². The molecule has 0 unspecified atom stereocenters. The molecule has 0 bridgehead atoms. The largest absolute Gasteiger partial charge is 0.507 e. The molecule has 0 aliphatic rings. The first-order valence-corrected chi connectivity index (χ1v) is 4.87. The molecule has 0 saturated carbocycles. The van der Waals surface area contributed by atoms with E-state index < -0.39 is 5.91 Å². The molecule has 0 spiro atoms. The number of amides is 1. The smallest absolute Gasteiger partial charge is 0.253 e. The molecule has 0 radical (unpaired) electrons. The molecule has 16 heavy (non-hydrogen) atoms. The van der Waals surface area contributed by atoms with Gasteiger partial charge in [-0.15, -0.1) is 0 Å². The van der Waals surface area contributed by atoms with E-state index in [1.54, 1.807) is 12.1 Å². The number of benzene rings is 2. The van der Waals surface area contributed by atoms with Crippen molar-refractivity contribution in [2.24, 2.45) is 5.73 Å². The van der Waals surface area contributed by atoms with Gasteiger partial charge in [0, 0.05) is 0 Å². The fraction of sp³-hybridized carbons (Fsp3) is 0. The first-order chi connectivity index (χ1) is 7.70. The molecule has 0 aromatic heterocycles. The highest BCUT2D eigenvalue weighted by Gasteiger charge is 2.13. The average molecular weight is 213 g/mol. The minimum absolute atomic E-state index is 0.0890. The summed E-state index contributed by atoms with van der Waals surface area (Å²) in [5.74, 6) is -0.717.